The van der Waals surface area contributed by atoms with Gasteiger partial charge in [-0.05, 0) is 0 Å². The van der Waals surface area contributed by atoms with Gasteiger partial charge in [0.25, 0.3) is 0 Å². The van der Waals surface area contributed by atoms with Gasteiger partial charge >= 0.3 is 19.5 Å². The van der Waals surface area contributed by atoms with E-state index in [1.54, 1.807) is 0 Å². The van der Waals surface area contributed by atoms with Gasteiger partial charge in [0.15, 0.2) is 0 Å². The molecule has 0 aromatic carbocycles. The fourth-order valence-corrected chi connectivity index (χ4v) is 0. The first-order valence-electron chi connectivity index (χ1n) is 3.95. The van der Waals surface area contributed by atoms with Gasteiger partial charge in [0.2, 0.25) is 0 Å². The van der Waals surface area contributed by atoms with Crippen LogP contribution in [-0.4, -0.2) is 39.3 Å². The number of nitrogens with two attached hydrogens (primary N) is 6. The molecule has 0 saturated heterocycles. The molecule has 15 heavy (non-hydrogen) atoms. The first-order valence-corrected chi connectivity index (χ1v) is 3.95. The summed E-state index contributed by atoms with van der Waals surface area (Å²) in [6.07, 6.45) is 0. The monoisotopic (exact) mass is 314 g/mol. The van der Waals surface area contributed by atoms with E-state index in [0.717, 1.165) is 0 Å². The van der Waals surface area contributed by atoms with Crippen molar-refractivity contribution in [2.75, 3.05) is 39.3 Å². The molecular formula is C6H24Cl2N6Zn. The zero-order valence-electron chi connectivity index (χ0n) is 9.17. The van der Waals surface area contributed by atoms with Gasteiger partial charge in [-0.15, -0.1) is 0 Å². The van der Waals surface area contributed by atoms with Gasteiger partial charge in [0, 0.05) is 39.3 Å². The molecule has 0 heterocycles. The molecule has 0 amide bonds. The van der Waals surface area contributed by atoms with Crippen LogP contribution in [0.1, 0.15) is 0 Å². The summed E-state index contributed by atoms with van der Waals surface area (Å²) in [5.41, 5.74) is 29.4. The van der Waals surface area contributed by atoms with Gasteiger partial charge < -0.3 is 59.2 Å². The average molecular weight is 317 g/mol. The molecule has 9 heteroatoms. The molecule has 0 fully saturated rings. The topological polar surface area (TPSA) is 156 Å². The van der Waals surface area contributed by atoms with Crippen molar-refractivity contribution in [2.45, 2.75) is 0 Å². The first-order chi connectivity index (χ1) is 5.74. The second-order valence-corrected chi connectivity index (χ2v) is 1.73. The van der Waals surface area contributed by atoms with Gasteiger partial charge in [-0.25, -0.2) is 0 Å². The SMILES string of the molecule is NCCN.NCCN.NCCN.[Cl-].[Cl-].[Zn+2]. The minimum Gasteiger partial charge on any atom is -1.00 e. The second-order valence-electron chi connectivity index (χ2n) is 1.73. The summed E-state index contributed by atoms with van der Waals surface area (Å²) < 4.78 is 0. The molecular weight excluding hydrogens is 292 g/mol. The fourth-order valence-electron chi connectivity index (χ4n) is 0. The Morgan fingerprint density at radius 2 is 0.467 bits per heavy atom. The Bertz CT molecular complexity index is 41.1. The van der Waals surface area contributed by atoms with Gasteiger partial charge in [0.05, 0.1) is 0 Å². The Morgan fingerprint density at radius 1 is 0.400 bits per heavy atom. The summed E-state index contributed by atoms with van der Waals surface area (Å²) in [4.78, 5) is 0. The Kier molecular flexibility index (Phi) is 144. The third kappa shape index (κ3) is 160. The van der Waals surface area contributed by atoms with E-state index >= 15 is 0 Å². The van der Waals surface area contributed by atoms with Crippen LogP contribution < -0.4 is 59.2 Å². The van der Waals surface area contributed by atoms with Crippen LogP contribution in [0.3, 0.4) is 0 Å². The van der Waals surface area contributed by atoms with Gasteiger partial charge in [-0.3, -0.25) is 0 Å². The van der Waals surface area contributed by atoms with Gasteiger partial charge in [-0.1, -0.05) is 0 Å². The van der Waals surface area contributed by atoms with E-state index in [0.29, 0.717) is 39.3 Å². The quantitative estimate of drug-likeness (QED) is 0.284. The van der Waals surface area contributed by atoms with E-state index in [1.165, 1.54) is 0 Å². The molecule has 94 valence electrons. The molecule has 0 bridgehead atoms. The van der Waals surface area contributed by atoms with Crippen LogP contribution in [0.2, 0.25) is 0 Å². The molecule has 0 aliphatic heterocycles. The van der Waals surface area contributed by atoms with Gasteiger partial charge in [-0.2, -0.15) is 0 Å². The predicted octanol–water partition coefficient (Wildman–Crippen LogP) is -9.28. The Balaban J connectivity index is -0.0000000184. The molecule has 0 aliphatic carbocycles. The standard InChI is InChI=1S/3C2H8N2.2ClH.Zn/c3*3-1-2-4;;;/h3*1-4H2;2*1H;/q;;;;;+2/p-2. The number of hydrogen-bond donors (Lipinski definition) is 6. The molecule has 0 unspecified atom stereocenters. The summed E-state index contributed by atoms with van der Waals surface area (Å²) in [6, 6.07) is 0. The zero-order chi connectivity index (χ0) is 10.2. The largest absolute Gasteiger partial charge is 2.00 e. The second kappa shape index (κ2) is 60.2. The molecule has 0 aromatic heterocycles. The number of halogens is 2. The smallest absolute Gasteiger partial charge is 1.00 e. The molecule has 0 radical (unpaired) electrons. The van der Waals surface area contributed by atoms with Crippen LogP contribution in [-0.2, 0) is 19.5 Å². The summed E-state index contributed by atoms with van der Waals surface area (Å²) in [5, 5.41) is 0. The summed E-state index contributed by atoms with van der Waals surface area (Å²) in [6.45, 7) is 3.58. The van der Waals surface area contributed by atoms with Crippen LogP contribution in [0.25, 0.3) is 0 Å². The summed E-state index contributed by atoms with van der Waals surface area (Å²) in [5.74, 6) is 0. The first kappa shape index (κ1) is 36.0. The van der Waals surface area contributed by atoms with Crippen molar-refractivity contribution in [1.82, 2.24) is 0 Å². The van der Waals surface area contributed by atoms with E-state index in [9.17, 15) is 0 Å². The molecule has 0 saturated carbocycles. The van der Waals surface area contributed by atoms with Crippen LogP contribution >= 0.6 is 0 Å². The van der Waals surface area contributed by atoms with Crippen LogP contribution in [0.5, 0.6) is 0 Å². The minimum atomic E-state index is 0. The van der Waals surface area contributed by atoms with Crippen molar-refractivity contribution >= 4 is 0 Å². The maximum Gasteiger partial charge on any atom is 2.00 e. The average Bonchev–Trinajstić information content (AvgIpc) is 2.18. The van der Waals surface area contributed by atoms with Gasteiger partial charge in [0.1, 0.15) is 0 Å². The number of hydrogen-bond acceptors (Lipinski definition) is 6. The molecule has 0 rings (SSSR count). The maximum atomic E-state index is 4.90. The van der Waals surface area contributed by atoms with Crippen molar-refractivity contribution < 1.29 is 44.3 Å². The fraction of sp³-hybridized carbons (Fsp3) is 1.00. The Labute approximate surface area is 118 Å². The number of rotatable bonds is 3. The summed E-state index contributed by atoms with van der Waals surface area (Å²) >= 11 is 0. The van der Waals surface area contributed by atoms with E-state index in [1.807, 2.05) is 0 Å². The van der Waals surface area contributed by atoms with Crippen molar-refractivity contribution in [3.8, 4) is 0 Å². The molecule has 6 nitrogen and oxygen atoms in total. The van der Waals surface area contributed by atoms with Crippen molar-refractivity contribution in [3.63, 3.8) is 0 Å². The molecule has 0 atom stereocenters. The normalized spacial score (nSPS) is 6.00. The van der Waals surface area contributed by atoms with E-state index in [-0.39, 0.29) is 44.3 Å². The Morgan fingerprint density at radius 3 is 0.467 bits per heavy atom. The summed E-state index contributed by atoms with van der Waals surface area (Å²) in [7, 11) is 0. The molecule has 0 spiro atoms. The third-order valence-corrected chi connectivity index (χ3v) is 0.500. The van der Waals surface area contributed by atoms with Crippen LogP contribution in [0.4, 0.5) is 0 Å². The van der Waals surface area contributed by atoms with Crippen LogP contribution in [0, 0.1) is 0 Å². The van der Waals surface area contributed by atoms with E-state index < -0.39 is 0 Å². The predicted molar refractivity (Wildman–Crippen MR) is 54.3 cm³/mol. The van der Waals surface area contributed by atoms with Crippen molar-refractivity contribution in [1.29, 1.82) is 0 Å². The molecule has 0 aliphatic rings. The minimum absolute atomic E-state index is 0. The third-order valence-electron chi connectivity index (χ3n) is 0.500. The van der Waals surface area contributed by atoms with E-state index in [4.69, 9.17) is 34.4 Å². The molecule has 0 aromatic rings. The maximum absolute atomic E-state index is 4.90. The zero-order valence-corrected chi connectivity index (χ0v) is 13.6. The van der Waals surface area contributed by atoms with Crippen LogP contribution in [0.15, 0.2) is 0 Å². The molecule has 12 N–H and O–H groups in total. The van der Waals surface area contributed by atoms with Crippen molar-refractivity contribution in [2.24, 2.45) is 34.4 Å². The van der Waals surface area contributed by atoms with E-state index in [2.05, 4.69) is 0 Å². The van der Waals surface area contributed by atoms with Crippen molar-refractivity contribution in [3.05, 3.63) is 0 Å². The Hall–Kier alpha value is 0.963.